The quantitative estimate of drug-likeness (QED) is 0.319. The first-order chi connectivity index (χ1) is 15.8. The summed E-state index contributed by atoms with van der Waals surface area (Å²) >= 11 is 0. The number of oxime groups is 1. The Balaban J connectivity index is 1.72. The van der Waals surface area contributed by atoms with Crippen molar-refractivity contribution >= 4 is 17.6 Å². The van der Waals surface area contributed by atoms with E-state index in [9.17, 15) is 9.59 Å². The molecule has 170 valence electrons. The van der Waals surface area contributed by atoms with Crippen LogP contribution in [0.4, 0.5) is 10.6 Å². The monoisotopic (exact) mass is 449 g/mol. The molecule has 0 spiro atoms. The third-order valence-electron chi connectivity index (χ3n) is 4.27. The van der Waals surface area contributed by atoms with Crippen LogP contribution in [0.15, 0.2) is 63.0 Å². The number of aromatic nitrogens is 3. The average Bonchev–Trinajstić information content (AvgIpc) is 3.09. The number of anilines is 1. The van der Waals surface area contributed by atoms with Crippen molar-refractivity contribution in [2.24, 2.45) is 12.2 Å². The van der Waals surface area contributed by atoms with Crippen LogP contribution in [0.3, 0.4) is 0 Å². The summed E-state index contributed by atoms with van der Waals surface area (Å²) in [6.07, 6.45) is 4.90. The second-order valence-electron chi connectivity index (χ2n) is 7.54. The Hall–Kier alpha value is -4.39. The lowest BCUT2D eigenvalue weighted by Gasteiger charge is -2.22. The number of ether oxygens (including phenoxy) is 1. The van der Waals surface area contributed by atoms with Gasteiger partial charge in [0.1, 0.15) is 11.4 Å². The summed E-state index contributed by atoms with van der Waals surface area (Å²) in [6, 6.07) is 14.1. The van der Waals surface area contributed by atoms with Crippen molar-refractivity contribution in [3.8, 4) is 12.3 Å². The molecule has 0 saturated carbocycles. The van der Waals surface area contributed by atoms with Crippen molar-refractivity contribution in [1.82, 2.24) is 14.7 Å². The molecule has 2 aromatic heterocycles. The molecule has 0 saturated heterocycles. The molecule has 0 aliphatic heterocycles. The number of benzene rings is 1. The molecule has 0 fully saturated rings. The third-order valence-corrected chi connectivity index (χ3v) is 4.27. The Bertz CT molecular complexity index is 1240. The van der Waals surface area contributed by atoms with Gasteiger partial charge in [-0.2, -0.15) is 9.72 Å². The highest BCUT2D eigenvalue weighted by atomic mass is 16.6. The van der Waals surface area contributed by atoms with Gasteiger partial charge < -0.3 is 14.1 Å². The molecule has 0 unspecified atom stereocenters. The highest BCUT2D eigenvalue weighted by Crippen LogP contribution is 2.15. The second kappa shape index (κ2) is 10.3. The SMILES string of the molecule is C#CCC(C)(C)OC(=O)Nc1cccc(CO/N=C(/c2ccccc2)c2nc(=O)on2C)n1. The van der Waals surface area contributed by atoms with E-state index in [0.717, 1.165) is 0 Å². The lowest BCUT2D eigenvalue weighted by Crippen LogP contribution is -2.30. The number of pyridine rings is 1. The third kappa shape index (κ3) is 6.54. The Morgan fingerprint density at radius 3 is 2.64 bits per heavy atom. The number of carbonyl (C=O) groups excluding carboxylic acids is 1. The van der Waals surface area contributed by atoms with Crippen molar-refractivity contribution in [2.75, 3.05) is 5.32 Å². The molecule has 0 bridgehead atoms. The number of nitrogens with one attached hydrogen (secondary N) is 1. The average molecular weight is 449 g/mol. The fraction of sp³-hybridized carbons (Fsp3) is 0.261. The van der Waals surface area contributed by atoms with Crippen molar-refractivity contribution in [3.05, 3.63) is 76.2 Å². The normalized spacial score (nSPS) is 11.5. The van der Waals surface area contributed by atoms with Crippen LogP contribution in [0.1, 0.15) is 37.4 Å². The molecule has 0 radical (unpaired) electrons. The highest BCUT2D eigenvalue weighted by Gasteiger charge is 2.22. The number of hydrogen-bond donors (Lipinski definition) is 1. The number of nitrogens with zero attached hydrogens (tertiary/aromatic N) is 4. The van der Waals surface area contributed by atoms with Crippen molar-refractivity contribution in [1.29, 1.82) is 0 Å². The summed E-state index contributed by atoms with van der Waals surface area (Å²) in [7, 11) is 1.54. The fourth-order valence-corrected chi connectivity index (χ4v) is 2.81. The molecular formula is C23H23N5O5. The number of terminal acetylenes is 1. The summed E-state index contributed by atoms with van der Waals surface area (Å²) in [6.45, 7) is 3.43. The van der Waals surface area contributed by atoms with Crippen LogP contribution >= 0.6 is 0 Å². The molecule has 10 heteroatoms. The molecule has 0 atom stereocenters. The number of rotatable bonds is 8. The van der Waals surface area contributed by atoms with Crippen LogP contribution in [-0.2, 0) is 23.2 Å². The number of aryl methyl sites for hydroxylation is 1. The first kappa shape index (κ1) is 23.3. The molecule has 3 rings (SSSR count). The molecule has 1 amide bonds. The van der Waals surface area contributed by atoms with Gasteiger partial charge in [-0.15, -0.1) is 12.3 Å². The maximum Gasteiger partial charge on any atom is 0.460 e. The lowest BCUT2D eigenvalue weighted by molar-refractivity contribution is 0.0530. The Kier molecular flexibility index (Phi) is 7.25. The first-order valence-electron chi connectivity index (χ1n) is 9.97. The highest BCUT2D eigenvalue weighted by molar-refractivity contribution is 6.10. The van der Waals surface area contributed by atoms with Gasteiger partial charge in [-0.3, -0.25) is 5.32 Å². The summed E-state index contributed by atoms with van der Waals surface area (Å²) in [5, 5.41) is 6.72. The van der Waals surface area contributed by atoms with Gasteiger partial charge in [0.05, 0.1) is 5.69 Å². The van der Waals surface area contributed by atoms with Crippen LogP contribution in [0.5, 0.6) is 0 Å². The smallest absolute Gasteiger partial charge is 0.442 e. The van der Waals surface area contributed by atoms with Gasteiger partial charge in [-0.1, -0.05) is 41.6 Å². The van der Waals surface area contributed by atoms with Crippen molar-refractivity contribution in [3.63, 3.8) is 0 Å². The molecule has 0 aliphatic rings. The van der Waals surface area contributed by atoms with E-state index >= 15 is 0 Å². The van der Waals surface area contributed by atoms with Gasteiger partial charge in [0.25, 0.3) is 0 Å². The predicted molar refractivity (Wildman–Crippen MR) is 120 cm³/mol. The van der Waals surface area contributed by atoms with Gasteiger partial charge in [0.15, 0.2) is 18.1 Å². The van der Waals surface area contributed by atoms with E-state index in [2.05, 4.69) is 26.4 Å². The Morgan fingerprint density at radius 1 is 1.21 bits per heavy atom. The fourth-order valence-electron chi connectivity index (χ4n) is 2.81. The molecule has 0 aliphatic carbocycles. The van der Waals surface area contributed by atoms with Gasteiger partial charge in [0.2, 0.25) is 0 Å². The van der Waals surface area contributed by atoms with Gasteiger partial charge in [-0.25, -0.2) is 14.6 Å². The van der Waals surface area contributed by atoms with E-state index in [1.54, 1.807) is 51.2 Å². The molecule has 2 heterocycles. The maximum atomic E-state index is 12.1. The van der Waals surface area contributed by atoms with Crippen LogP contribution in [-0.4, -0.2) is 32.1 Å². The summed E-state index contributed by atoms with van der Waals surface area (Å²) in [4.78, 5) is 37.3. The molecule has 10 nitrogen and oxygen atoms in total. The van der Waals surface area contributed by atoms with Crippen LogP contribution < -0.4 is 11.1 Å². The van der Waals surface area contributed by atoms with E-state index < -0.39 is 17.5 Å². The first-order valence-corrected chi connectivity index (χ1v) is 9.97. The minimum Gasteiger partial charge on any atom is -0.442 e. The minimum absolute atomic E-state index is 0.00468. The summed E-state index contributed by atoms with van der Waals surface area (Å²) < 4.78 is 11.5. The van der Waals surface area contributed by atoms with Crippen LogP contribution in [0, 0.1) is 12.3 Å². The largest absolute Gasteiger partial charge is 0.460 e. The number of carbonyl (C=O) groups is 1. The zero-order valence-corrected chi connectivity index (χ0v) is 18.4. The topological polar surface area (TPSA) is 121 Å². The zero-order chi connectivity index (χ0) is 23.8. The van der Waals surface area contributed by atoms with Gasteiger partial charge >= 0.3 is 11.8 Å². The van der Waals surface area contributed by atoms with Crippen LogP contribution in [0.25, 0.3) is 0 Å². The Morgan fingerprint density at radius 2 is 1.97 bits per heavy atom. The molecule has 1 aromatic carbocycles. The van der Waals surface area contributed by atoms with Gasteiger partial charge in [0, 0.05) is 19.0 Å². The van der Waals surface area contributed by atoms with Crippen molar-refractivity contribution < 1.29 is 18.9 Å². The zero-order valence-electron chi connectivity index (χ0n) is 18.4. The van der Waals surface area contributed by atoms with Crippen LogP contribution in [0.2, 0.25) is 0 Å². The minimum atomic E-state index is -0.802. The number of hydrogen-bond acceptors (Lipinski definition) is 8. The van der Waals surface area contributed by atoms with E-state index in [0.29, 0.717) is 17.0 Å². The standard InChI is InChI=1S/C23H23N5O5/c1-5-14-23(2,3)32-21(29)25-18-13-9-12-17(24-18)15-31-27-19(16-10-7-6-8-11-16)20-26-22(30)33-28(20)4/h1,6-13H,14-15H2,2-4H3,(H,24,25,29)/b27-19-. The predicted octanol–water partition coefficient (Wildman–Crippen LogP) is 3.09. The molecule has 33 heavy (non-hydrogen) atoms. The van der Waals surface area contributed by atoms with Gasteiger partial charge in [-0.05, 0) is 26.0 Å². The molecule has 3 aromatic rings. The van der Waals surface area contributed by atoms with E-state index in [4.69, 9.17) is 20.5 Å². The van der Waals surface area contributed by atoms with E-state index in [-0.39, 0.29) is 24.7 Å². The second-order valence-corrected chi connectivity index (χ2v) is 7.54. The summed E-state index contributed by atoms with van der Waals surface area (Å²) in [5.41, 5.74) is 0.698. The molecule has 1 N–H and O–H groups in total. The van der Waals surface area contributed by atoms with E-state index in [1.165, 1.54) is 4.74 Å². The maximum absolute atomic E-state index is 12.1. The summed E-state index contributed by atoms with van der Waals surface area (Å²) in [5.74, 6) is 2.22. The van der Waals surface area contributed by atoms with Crippen molar-refractivity contribution in [2.45, 2.75) is 32.5 Å². The Labute approximate surface area is 190 Å². The lowest BCUT2D eigenvalue weighted by atomic mass is 10.1. The number of amides is 1. The van der Waals surface area contributed by atoms with E-state index in [1.807, 2.05) is 18.2 Å². The molecular weight excluding hydrogens is 426 g/mol.